The van der Waals surface area contributed by atoms with Gasteiger partial charge in [-0.25, -0.2) is 0 Å². The molecule has 0 saturated heterocycles. The van der Waals surface area contributed by atoms with Gasteiger partial charge in [0.25, 0.3) is 0 Å². The first-order chi connectivity index (χ1) is 17.2. The van der Waals surface area contributed by atoms with Crippen molar-refractivity contribution in [2.24, 2.45) is 0 Å². The average molecular weight is 801 g/mol. The van der Waals surface area contributed by atoms with Crippen molar-refractivity contribution in [1.82, 2.24) is 0 Å². The second-order valence-corrected chi connectivity index (χ2v) is 37.4. The molecular weight excluding hydrogens is 776 g/mol. The maximum atomic E-state index is 6.30. The summed E-state index contributed by atoms with van der Waals surface area (Å²) in [5.41, 5.74) is 0. The fraction of sp³-hybridized carbons (Fsp3) is 0. The Morgan fingerprint density at radius 1 is 0.343 bits per heavy atom. The Kier molecular flexibility index (Phi) is 10.8. The fourth-order valence-electron chi connectivity index (χ4n) is 3.55. The van der Waals surface area contributed by atoms with Crippen LogP contribution in [0.5, 0.6) is 0 Å². The minimum absolute atomic E-state index is 1.36. The molecule has 0 unspecified atom stereocenters. The molecule has 5 rings (SSSR count). The zero-order valence-electron chi connectivity index (χ0n) is 18.9. The van der Waals surface area contributed by atoms with E-state index >= 15 is 0 Å². The van der Waals surface area contributed by atoms with Gasteiger partial charge in [-0.3, -0.25) is 0 Å². The Bertz CT molecular complexity index is 1120. The van der Waals surface area contributed by atoms with Crippen LogP contribution in [-0.4, -0.2) is 26.6 Å². The van der Waals surface area contributed by atoms with Crippen molar-refractivity contribution in [3.05, 3.63) is 152 Å². The second-order valence-electron chi connectivity index (χ2n) is 7.42. The van der Waals surface area contributed by atoms with E-state index in [1.807, 2.05) is 12.1 Å². The summed E-state index contributed by atoms with van der Waals surface area (Å²) in [6, 6.07) is 53.6. The van der Waals surface area contributed by atoms with Gasteiger partial charge in [-0.2, -0.15) is 0 Å². The van der Waals surface area contributed by atoms with E-state index in [1.54, 1.807) is 0 Å². The van der Waals surface area contributed by atoms with Crippen LogP contribution < -0.4 is 21.8 Å². The molecular formula is C30H25As2Cl2Pt. The van der Waals surface area contributed by atoms with Gasteiger partial charge < -0.3 is 0 Å². The first-order valence-electron chi connectivity index (χ1n) is 11.1. The maximum absolute atomic E-state index is 6.30. The van der Waals surface area contributed by atoms with Crippen LogP contribution in [0.15, 0.2) is 152 Å². The van der Waals surface area contributed by atoms with Crippen molar-refractivity contribution < 1.29 is 13.0 Å². The molecule has 0 N–H and O–H groups in total. The molecule has 5 aromatic rings. The molecule has 0 radical (unpaired) electrons. The first kappa shape index (κ1) is 26.5. The summed E-state index contributed by atoms with van der Waals surface area (Å²) in [4.78, 5) is 0. The molecule has 0 aliphatic rings. The molecule has 5 aromatic carbocycles. The van der Waals surface area contributed by atoms with E-state index in [0.29, 0.717) is 0 Å². The molecule has 179 valence electrons. The number of hydrogen-bond donors (Lipinski definition) is 0. The van der Waals surface area contributed by atoms with Gasteiger partial charge in [-0.05, 0) is 0 Å². The van der Waals surface area contributed by atoms with Crippen LogP contribution in [0.3, 0.4) is 0 Å². The van der Waals surface area contributed by atoms with E-state index in [0.717, 1.165) is 0 Å². The Balaban J connectivity index is 0.000000168. The molecule has 0 aliphatic heterocycles. The monoisotopic (exact) mass is 800 g/mol. The zero-order valence-corrected chi connectivity index (χ0v) is 26.4. The molecule has 0 aliphatic carbocycles. The molecule has 0 nitrogen and oxygen atoms in total. The number of halogens is 2. The number of benzene rings is 5. The Morgan fingerprint density at radius 2 is 0.571 bits per heavy atom. The molecule has 0 spiro atoms. The molecule has 0 bridgehead atoms. The van der Waals surface area contributed by atoms with Crippen LogP contribution in [0.25, 0.3) is 0 Å². The SMILES string of the molecule is [Cl][Pt]([Cl])[As](c1ccccc1)c1ccccc1.c1ccc([As](c2ccccc2)c2ccccc2)cc1. The van der Waals surface area contributed by atoms with Crippen LogP contribution in [0.2, 0.25) is 0 Å². The second kappa shape index (κ2) is 14.3. The van der Waals surface area contributed by atoms with Crippen LogP contribution in [-0.2, 0) is 13.0 Å². The summed E-state index contributed by atoms with van der Waals surface area (Å²) in [7, 11) is 12.6. The van der Waals surface area contributed by atoms with Crippen molar-refractivity contribution in [3.8, 4) is 0 Å². The summed E-state index contributed by atoms with van der Waals surface area (Å²) in [6.45, 7) is 0. The fourth-order valence-corrected chi connectivity index (χ4v) is 29.9. The van der Waals surface area contributed by atoms with Crippen molar-refractivity contribution in [2.75, 3.05) is 0 Å². The average Bonchev–Trinajstić information content (AvgIpc) is 2.92. The molecule has 0 heterocycles. The van der Waals surface area contributed by atoms with Crippen LogP contribution in [0.4, 0.5) is 0 Å². The summed E-state index contributed by atoms with van der Waals surface area (Å²) in [5, 5.41) is 0. The van der Waals surface area contributed by atoms with E-state index in [2.05, 4.69) is 140 Å². The topological polar surface area (TPSA) is 0 Å². The summed E-state index contributed by atoms with van der Waals surface area (Å²) in [6.07, 6.45) is 0. The van der Waals surface area contributed by atoms with E-state index in [9.17, 15) is 0 Å². The molecule has 0 aromatic heterocycles. The van der Waals surface area contributed by atoms with Crippen molar-refractivity contribution in [2.45, 2.75) is 0 Å². The molecule has 35 heavy (non-hydrogen) atoms. The molecule has 0 atom stereocenters. The van der Waals surface area contributed by atoms with Gasteiger partial charge in [0.15, 0.2) is 0 Å². The van der Waals surface area contributed by atoms with Crippen LogP contribution >= 0.6 is 18.8 Å². The van der Waals surface area contributed by atoms with E-state index < -0.39 is 39.5 Å². The first-order valence-corrected chi connectivity index (χ1v) is 27.2. The van der Waals surface area contributed by atoms with Crippen molar-refractivity contribution in [1.29, 1.82) is 0 Å². The Morgan fingerprint density at radius 3 is 0.800 bits per heavy atom. The number of hydrogen-bond acceptors (Lipinski definition) is 0. The third-order valence-corrected chi connectivity index (χ3v) is 32.9. The molecule has 0 saturated carbocycles. The van der Waals surface area contributed by atoms with Gasteiger partial charge in [0, 0.05) is 0 Å². The van der Waals surface area contributed by atoms with Crippen molar-refractivity contribution in [3.63, 3.8) is 0 Å². The van der Waals surface area contributed by atoms with Gasteiger partial charge in [0.2, 0.25) is 0 Å². The van der Waals surface area contributed by atoms with Gasteiger partial charge >= 0.3 is 232 Å². The Labute approximate surface area is 229 Å². The third kappa shape index (κ3) is 7.73. The Hall–Kier alpha value is -1.51. The van der Waals surface area contributed by atoms with Gasteiger partial charge in [-0.1, -0.05) is 0 Å². The van der Waals surface area contributed by atoms with Gasteiger partial charge in [0.05, 0.1) is 0 Å². The normalized spacial score (nSPS) is 11.0. The summed E-state index contributed by atoms with van der Waals surface area (Å²) < 4.78 is 7.15. The van der Waals surface area contributed by atoms with E-state index in [1.165, 1.54) is 21.8 Å². The summed E-state index contributed by atoms with van der Waals surface area (Å²) >= 11 is -4.63. The molecule has 5 heteroatoms. The van der Waals surface area contributed by atoms with E-state index in [4.69, 9.17) is 18.8 Å². The molecule has 0 fully saturated rings. The third-order valence-electron chi connectivity index (χ3n) is 5.08. The van der Waals surface area contributed by atoms with Crippen molar-refractivity contribution >= 4 is 67.2 Å². The van der Waals surface area contributed by atoms with Gasteiger partial charge in [-0.15, -0.1) is 0 Å². The predicted molar refractivity (Wildman–Crippen MR) is 154 cm³/mol. The zero-order chi connectivity index (χ0) is 24.3. The number of rotatable bonds is 6. The van der Waals surface area contributed by atoms with Crippen LogP contribution in [0, 0.1) is 0 Å². The quantitative estimate of drug-likeness (QED) is 0.214. The van der Waals surface area contributed by atoms with E-state index in [-0.39, 0.29) is 0 Å². The minimum atomic E-state index is -1.83. The van der Waals surface area contributed by atoms with Crippen LogP contribution in [0.1, 0.15) is 0 Å². The summed E-state index contributed by atoms with van der Waals surface area (Å²) in [5.74, 6) is 0. The standard InChI is InChI=1S/C18H15As.C12H10As.2ClH.Pt/c1-4-10-16(11-5-1)19(17-12-6-2-7-13-17)18-14-8-3-9-15-18;1-3-7-11(8-4-1)13-12-9-5-2-6-10-12;;;/h1-15H;1-10H;2*1H;/q;-1;;;+3/p-2. The van der Waals surface area contributed by atoms with Gasteiger partial charge in [0.1, 0.15) is 0 Å². The molecule has 0 amide bonds. The predicted octanol–water partition coefficient (Wildman–Crippen LogP) is 4.92.